The van der Waals surface area contributed by atoms with Crippen LogP contribution in [0.3, 0.4) is 0 Å². The quantitative estimate of drug-likeness (QED) is 0.390. The third-order valence-corrected chi connectivity index (χ3v) is 1.71. The first-order chi connectivity index (χ1) is 5.65. The van der Waals surface area contributed by atoms with Crippen LogP contribution in [0.25, 0.3) is 0 Å². The van der Waals surface area contributed by atoms with Crippen molar-refractivity contribution in [2.45, 2.75) is 20.3 Å². The summed E-state index contributed by atoms with van der Waals surface area (Å²) < 4.78 is 4.83. The van der Waals surface area contributed by atoms with E-state index in [-0.39, 0.29) is 5.90 Å². The second-order valence-electron chi connectivity index (χ2n) is 2.67. The van der Waals surface area contributed by atoms with Gasteiger partial charge in [0.2, 0.25) is 5.90 Å². The highest BCUT2D eigenvalue weighted by molar-refractivity contribution is 5.90. The Bertz CT molecular complexity index is 194. The summed E-state index contributed by atoms with van der Waals surface area (Å²) in [5, 5.41) is 7.44. The summed E-state index contributed by atoms with van der Waals surface area (Å²) in [7, 11) is 1.52. The van der Waals surface area contributed by atoms with E-state index in [1.54, 1.807) is 0 Å². The zero-order valence-electron chi connectivity index (χ0n) is 8.05. The summed E-state index contributed by atoms with van der Waals surface area (Å²) in [5.74, 6) is 0.557. The van der Waals surface area contributed by atoms with Gasteiger partial charge in [0.25, 0.3) is 0 Å². The first kappa shape index (κ1) is 11.0. The molecule has 0 fully saturated rings. The molecule has 0 aliphatic rings. The maximum atomic E-state index is 7.44. The van der Waals surface area contributed by atoms with Gasteiger partial charge in [0.15, 0.2) is 0 Å². The molecule has 0 heterocycles. The highest BCUT2D eigenvalue weighted by Crippen LogP contribution is 2.09. The number of methoxy groups -OCH3 is 1. The molecule has 0 aromatic rings. The van der Waals surface area contributed by atoms with E-state index in [4.69, 9.17) is 10.1 Å². The highest BCUT2D eigenvalue weighted by Gasteiger charge is 2.03. The summed E-state index contributed by atoms with van der Waals surface area (Å²) in [4.78, 5) is 0. The van der Waals surface area contributed by atoms with Crippen molar-refractivity contribution in [3.63, 3.8) is 0 Å². The van der Waals surface area contributed by atoms with Crippen LogP contribution in [0.15, 0.2) is 24.3 Å². The summed E-state index contributed by atoms with van der Waals surface area (Å²) in [6, 6.07) is 0. The molecule has 0 saturated carbocycles. The monoisotopic (exact) mass is 167 g/mol. The number of rotatable bonds is 4. The van der Waals surface area contributed by atoms with Gasteiger partial charge in [-0.2, -0.15) is 0 Å². The lowest BCUT2D eigenvalue weighted by atomic mass is 10.1. The van der Waals surface area contributed by atoms with Crippen molar-refractivity contribution in [1.82, 2.24) is 0 Å². The Kier molecular flexibility index (Phi) is 5.09. The van der Waals surface area contributed by atoms with Crippen molar-refractivity contribution in [2.24, 2.45) is 5.92 Å². The first-order valence-electron chi connectivity index (χ1n) is 4.11. The zero-order chi connectivity index (χ0) is 9.56. The van der Waals surface area contributed by atoms with E-state index >= 15 is 0 Å². The predicted octanol–water partition coefficient (Wildman–Crippen LogP) is 2.77. The number of hydrogen-bond acceptors (Lipinski definition) is 2. The van der Waals surface area contributed by atoms with Crippen LogP contribution < -0.4 is 0 Å². The summed E-state index contributed by atoms with van der Waals surface area (Å²) in [6.07, 6.45) is 4.67. The van der Waals surface area contributed by atoms with Gasteiger partial charge in [0.1, 0.15) is 0 Å². The molecule has 2 heteroatoms. The minimum Gasteiger partial charge on any atom is -0.481 e. The van der Waals surface area contributed by atoms with E-state index in [1.165, 1.54) is 7.11 Å². The lowest BCUT2D eigenvalue weighted by molar-refractivity contribution is 0.398. The molecule has 1 N–H and O–H groups in total. The average molecular weight is 167 g/mol. The van der Waals surface area contributed by atoms with Gasteiger partial charge in [0, 0.05) is 5.57 Å². The maximum absolute atomic E-state index is 7.44. The molecule has 1 atom stereocenters. The first-order valence-corrected chi connectivity index (χ1v) is 4.11. The van der Waals surface area contributed by atoms with Crippen LogP contribution in [0, 0.1) is 11.3 Å². The fourth-order valence-corrected chi connectivity index (χ4v) is 0.871. The van der Waals surface area contributed by atoms with E-state index in [1.807, 2.05) is 26.0 Å². The van der Waals surface area contributed by atoms with Gasteiger partial charge in [-0.05, 0) is 12.3 Å². The van der Waals surface area contributed by atoms with Crippen LogP contribution in [0.4, 0.5) is 0 Å². The van der Waals surface area contributed by atoms with Crippen molar-refractivity contribution in [2.75, 3.05) is 7.11 Å². The number of allylic oxidation sites excluding steroid dienone is 2. The third kappa shape index (κ3) is 3.37. The molecule has 2 nitrogen and oxygen atoms in total. The molecule has 1 unspecified atom stereocenters. The lowest BCUT2D eigenvalue weighted by Gasteiger charge is -2.06. The van der Waals surface area contributed by atoms with Crippen molar-refractivity contribution >= 4 is 5.90 Å². The van der Waals surface area contributed by atoms with Crippen LogP contribution >= 0.6 is 0 Å². The second kappa shape index (κ2) is 5.58. The van der Waals surface area contributed by atoms with Crippen molar-refractivity contribution in [3.8, 4) is 0 Å². The second-order valence-corrected chi connectivity index (χ2v) is 2.67. The molecule has 0 rings (SSSR count). The summed E-state index contributed by atoms with van der Waals surface area (Å²) >= 11 is 0. The van der Waals surface area contributed by atoms with Crippen LogP contribution in [0.5, 0.6) is 0 Å². The van der Waals surface area contributed by atoms with E-state index in [2.05, 4.69) is 6.58 Å². The smallest absolute Gasteiger partial charge is 0.208 e. The van der Waals surface area contributed by atoms with Gasteiger partial charge in [-0.15, -0.1) is 6.58 Å². The van der Waals surface area contributed by atoms with Gasteiger partial charge in [-0.1, -0.05) is 26.0 Å². The molecule has 0 radical (unpaired) electrons. The average Bonchev–Trinajstić information content (AvgIpc) is 2.12. The number of ether oxygens (including phenoxy) is 1. The van der Waals surface area contributed by atoms with E-state index in [0.29, 0.717) is 5.92 Å². The minimum atomic E-state index is 0.256. The molecule has 0 spiro atoms. The maximum Gasteiger partial charge on any atom is 0.208 e. The molecule has 0 aliphatic heterocycles. The van der Waals surface area contributed by atoms with Crippen molar-refractivity contribution in [3.05, 3.63) is 24.3 Å². The van der Waals surface area contributed by atoms with E-state index in [9.17, 15) is 0 Å². The Morgan fingerprint density at radius 1 is 1.67 bits per heavy atom. The van der Waals surface area contributed by atoms with Crippen LogP contribution in [-0.2, 0) is 4.74 Å². The van der Waals surface area contributed by atoms with Crippen LogP contribution in [0.2, 0.25) is 0 Å². The Hall–Kier alpha value is -1.05. The standard InChI is InChI=1S/C10H17NO/c1-5-8(3)7-9(6-2)10(11)12-4/h5,7-8,11H,1,6H2,2-4H3/b9-7+,11-10?. The van der Waals surface area contributed by atoms with Crippen molar-refractivity contribution < 1.29 is 4.74 Å². The topological polar surface area (TPSA) is 33.1 Å². The lowest BCUT2D eigenvalue weighted by Crippen LogP contribution is -2.04. The van der Waals surface area contributed by atoms with E-state index < -0.39 is 0 Å². The number of hydrogen-bond donors (Lipinski definition) is 1. The Balaban J connectivity index is 4.41. The van der Waals surface area contributed by atoms with Gasteiger partial charge in [-0.25, -0.2) is 0 Å². The third-order valence-electron chi connectivity index (χ3n) is 1.71. The number of nitrogens with one attached hydrogen (secondary N) is 1. The largest absolute Gasteiger partial charge is 0.481 e. The Morgan fingerprint density at radius 2 is 2.25 bits per heavy atom. The fourth-order valence-electron chi connectivity index (χ4n) is 0.871. The molecule has 68 valence electrons. The van der Waals surface area contributed by atoms with Crippen LogP contribution in [-0.4, -0.2) is 13.0 Å². The van der Waals surface area contributed by atoms with Gasteiger partial charge in [0.05, 0.1) is 7.11 Å². The summed E-state index contributed by atoms with van der Waals surface area (Å²) in [6.45, 7) is 7.72. The van der Waals surface area contributed by atoms with Gasteiger partial charge >= 0.3 is 0 Å². The van der Waals surface area contributed by atoms with Crippen LogP contribution in [0.1, 0.15) is 20.3 Å². The normalized spacial score (nSPS) is 13.8. The molecule has 0 aromatic heterocycles. The molecule has 12 heavy (non-hydrogen) atoms. The van der Waals surface area contributed by atoms with Gasteiger partial charge in [-0.3, -0.25) is 5.41 Å². The van der Waals surface area contributed by atoms with Gasteiger partial charge < -0.3 is 4.74 Å². The Labute approximate surface area is 74.4 Å². The fraction of sp³-hybridized carbons (Fsp3) is 0.500. The molecule has 0 aromatic carbocycles. The molecular formula is C10H17NO. The highest BCUT2D eigenvalue weighted by atomic mass is 16.5. The molecule has 0 bridgehead atoms. The predicted molar refractivity (Wildman–Crippen MR) is 52.5 cm³/mol. The minimum absolute atomic E-state index is 0.256. The molecule has 0 amide bonds. The SMILES string of the molecule is C=CC(C)/C=C(\CC)C(=N)OC. The van der Waals surface area contributed by atoms with Crippen molar-refractivity contribution in [1.29, 1.82) is 5.41 Å². The molecule has 0 saturated heterocycles. The molecular weight excluding hydrogens is 150 g/mol. The Morgan fingerprint density at radius 3 is 2.58 bits per heavy atom. The summed E-state index contributed by atoms with van der Waals surface area (Å²) in [5.41, 5.74) is 0.935. The zero-order valence-corrected chi connectivity index (χ0v) is 8.05. The molecule has 0 aliphatic carbocycles. The van der Waals surface area contributed by atoms with E-state index in [0.717, 1.165) is 12.0 Å².